The van der Waals surface area contributed by atoms with E-state index in [4.69, 9.17) is 21.7 Å². The lowest BCUT2D eigenvalue weighted by molar-refractivity contribution is -0.111. The Kier molecular flexibility index (Phi) is 4.70. The average Bonchev–Trinajstić information content (AvgIpc) is 2.48. The number of nitrogens with one attached hydrogen (secondary N) is 1. The zero-order valence-corrected chi connectivity index (χ0v) is 11.5. The van der Waals surface area contributed by atoms with Crippen LogP contribution in [0.2, 0.25) is 0 Å². The van der Waals surface area contributed by atoms with Crippen LogP contribution in [0.15, 0.2) is 24.3 Å². The first kappa shape index (κ1) is 13.8. The van der Waals surface area contributed by atoms with Crippen molar-refractivity contribution in [2.75, 3.05) is 38.7 Å². The highest BCUT2D eigenvalue weighted by Gasteiger charge is 2.20. The molecular weight excluding hydrogens is 264 g/mol. The fourth-order valence-corrected chi connectivity index (χ4v) is 2.07. The third-order valence-corrected chi connectivity index (χ3v) is 3.29. The molecule has 1 aliphatic heterocycles. The van der Waals surface area contributed by atoms with E-state index in [1.54, 1.807) is 19.2 Å². The molecule has 0 spiro atoms. The number of rotatable bonds is 2. The number of para-hydroxylation sites is 2. The molecule has 5 nitrogen and oxygen atoms in total. The predicted molar refractivity (Wildman–Crippen MR) is 76.6 cm³/mol. The van der Waals surface area contributed by atoms with Gasteiger partial charge < -0.3 is 19.7 Å². The number of hydrogen-bond acceptors (Lipinski definition) is 4. The summed E-state index contributed by atoms with van der Waals surface area (Å²) in [5.41, 5.74) is 0.616. The van der Waals surface area contributed by atoms with Crippen molar-refractivity contribution in [2.24, 2.45) is 0 Å². The van der Waals surface area contributed by atoms with Crippen molar-refractivity contribution in [1.29, 1.82) is 0 Å². The second-order valence-corrected chi connectivity index (χ2v) is 4.45. The molecule has 0 saturated carbocycles. The highest BCUT2D eigenvalue weighted by atomic mass is 32.1. The number of anilines is 1. The van der Waals surface area contributed by atoms with Crippen LogP contribution in [0.3, 0.4) is 0 Å². The number of carbonyl (C=O) groups is 1. The van der Waals surface area contributed by atoms with Crippen molar-refractivity contribution in [3.05, 3.63) is 24.3 Å². The molecule has 1 amide bonds. The standard InChI is InChI=1S/C13H16N2O3S/c1-17-11-5-3-2-4-10(11)14-12(16)13(19)15-6-8-18-9-7-15/h2-5H,6-9H2,1H3,(H,14,16). The number of benzene rings is 1. The van der Waals surface area contributed by atoms with E-state index in [2.05, 4.69) is 5.32 Å². The Morgan fingerprint density at radius 3 is 2.74 bits per heavy atom. The number of hydrogen-bond donors (Lipinski definition) is 1. The molecule has 1 fully saturated rings. The molecule has 1 heterocycles. The molecule has 2 rings (SSSR count). The number of ether oxygens (including phenoxy) is 2. The first-order valence-electron chi connectivity index (χ1n) is 6.03. The molecule has 0 atom stereocenters. The van der Waals surface area contributed by atoms with Gasteiger partial charge in [-0.25, -0.2) is 0 Å². The maximum atomic E-state index is 12.1. The minimum atomic E-state index is -0.290. The Morgan fingerprint density at radius 2 is 2.05 bits per heavy atom. The van der Waals surface area contributed by atoms with Crippen LogP contribution in [-0.4, -0.2) is 49.2 Å². The molecule has 0 aliphatic carbocycles. The topological polar surface area (TPSA) is 50.8 Å². The minimum absolute atomic E-state index is 0.286. The summed E-state index contributed by atoms with van der Waals surface area (Å²) in [7, 11) is 1.56. The first-order valence-corrected chi connectivity index (χ1v) is 6.44. The molecule has 1 aromatic rings. The van der Waals surface area contributed by atoms with E-state index in [0.29, 0.717) is 37.7 Å². The van der Waals surface area contributed by atoms with E-state index in [1.807, 2.05) is 17.0 Å². The van der Waals surface area contributed by atoms with Crippen LogP contribution in [0, 0.1) is 0 Å². The Bertz CT molecular complexity index is 473. The van der Waals surface area contributed by atoms with E-state index < -0.39 is 0 Å². The molecule has 0 radical (unpaired) electrons. The van der Waals surface area contributed by atoms with Crippen LogP contribution in [0.25, 0.3) is 0 Å². The van der Waals surface area contributed by atoms with Gasteiger partial charge >= 0.3 is 0 Å². The molecule has 1 saturated heterocycles. The second kappa shape index (κ2) is 6.49. The summed E-state index contributed by atoms with van der Waals surface area (Å²) in [5.74, 6) is 0.321. The van der Waals surface area contributed by atoms with Crippen LogP contribution < -0.4 is 10.1 Å². The highest BCUT2D eigenvalue weighted by molar-refractivity contribution is 7.82. The van der Waals surface area contributed by atoms with Gasteiger partial charge in [0.25, 0.3) is 5.91 Å². The van der Waals surface area contributed by atoms with E-state index in [-0.39, 0.29) is 10.9 Å². The molecule has 6 heteroatoms. The van der Waals surface area contributed by atoms with E-state index in [1.165, 1.54) is 0 Å². The third kappa shape index (κ3) is 3.42. The van der Waals surface area contributed by atoms with Crippen molar-refractivity contribution >= 4 is 28.8 Å². The minimum Gasteiger partial charge on any atom is -0.495 e. The number of methoxy groups -OCH3 is 1. The quantitative estimate of drug-likeness (QED) is 0.827. The van der Waals surface area contributed by atoms with Gasteiger partial charge in [0.05, 0.1) is 26.0 Å². The van der Waals surface area contributed by atoms with Gasteiger partial charge in [0.15, 0.2) is 4.99 Å². The summed E-state index contributed by atoms with van der Waals surface area (Å²) in [4.78, 5) is 14.2. The molecule has 0 unspecified atom stereocenters. The monoisotopic (exact) mass is 280 g/mol. The van der Waals surface area contributed by atoms with Gasteiger partial charge in [-0.2, -0.15) is 0 Å². The molecule has 1 aliphatic rings. The summed E-state index contributed by atoms with van der Waals surface area (Å²) in [5, 5.41) is 2.77. The van der Waals surface area contributed by atoms with Gasteiger partial charge in [0.1, 0.15) is 5.75 Å². The number of morpholine rings is 1. The maximum Gasteiger partial charge on any atom is 0.283 e. The molecule has 102 valence electrons. The van der Waals surface area contributed by atoms with Crippen molar-refractivity contribution in [3.63, 3.8) is 0 Å². The average molecular weight is 280 g/mol. The molecule has 0 aromatic heterocycles. The first-order chi connectivity index (χ1) is 9.22. The Morgan fingerprint density at radius 1 is 1.37 bits per heavy atom. The summed E-state index contributed by atoms with van der Waals surface area (Å²) in [6.45, 7) is 2.50. The van der Waals surface area contributed by atoms with Crippen molar-refractivity contribution in [1.82, 2.24) is 4.90 Å². The van der Waals surface area contributed by atoms with Gasteiger partial charge in [-0.1, -0.05) is 24.4 Å². The van der Waals surface area contributed by atoms with Gasteiger partial charge in [-0.3, -0.25) is 4.79 Å². The number of thiocarbonyl (C=S) groups is 1. The largest absolute Gasteiger partial charge is 0.495 e. The Balaban J connectivity index is 2.01. The second-order valence-electron chi connectivity index (χ2n) is 4.06. The van der Waals surface area contributed by atoms with Crippen LogP contribution in [0.4, 0.5) is 5.69 Å². The van der Waals surface area contributed by atoms with Gasteiger partial charge in [-0.15, -0.1) is 0 Å². The van der Waals surface area contributed by atoms with Crippen molar-refractivity contribution < 1.29 is 14.3 Å². The Labute approximate surface area is 117 Å². The van der Waals surface area contributed by atoms with Crippen LogP contribution in [-0.2, 0) is 9.53 Å². The third-order valence-electron chi connectivity index (χ3n) is 2.85. The zero-order chi connectivity index (χ0) is 13.7. The SMILES string of the molecule is COc1ccccc1NC(=O)C(=S)N1CCOCC1. The van der Waals surface area contributed by atoms with Gasteiger partial charge in [-0.05, 0) is 12.1 Å². The fraction of sp³-hybridized carbons (Fsp3) is 0.385. The van der Waals surface area contributed by atoms with Crippen LogP contribution >= 0.6 is 12.2 Å². The fourth-order valence-electron chi connectivity index (χ4n) is 1.83. The lowest BCUT2D eigenvalue weighted by Crippen LogP contribution is -2.44. The van der Waals surface area contributed by atoms with Crippen LogP contribution in [0.5, 0.6) is 5.75 Å². The lowest BCUT2D eigenvalue weighted by atomic mass is 10.3. The predicted octanol–water partition coefficient (Wildman–Crippen LogP) is 1.29. The zero-order valence-electron chi connectivity index (χ0n) is 10.7. The number of amides is 1. The molecule has 19 heavy (non-hydrogen) atoms. The summed E-state index contributed by atoms with van der Waals surface area (Å²) in [6, 6.07) is 7.23. The van der Waals surface area contributed by atoms with Crippen LogP contribution in [0.1, 0.15) is 0 Å². The highest BCUT2D eigenvalue weighted by Crippen LogP contribution is 2.23. The number of nitrogens with zero attached hydrogens (tertiary/aromatic N) is 1. The molecular formula is C13H16N2O3S. The number of carbonyl (C=O) groups excluding carboxylic acids is 1. The van der Waals surface area contributed by atoms with E-state index in [0.717, 1.165) is 0 Å². The smallest absolute Gasteiger partial charge is 0.283 e. The van der Waals surface area contributed by atoms with E-state index in [9.17, 15) is 4.79 Å². The molecule has 1 aromatic carbocycles. The molecule has 0 bridgehead atoms. The van der Waals surface area contributed by atoms with Gasteiger partial charge in [0.2, 0.25) is 0 Å². The Hall–Kier alpha value is -1.66. The van der Waals surface area contributed by atoms with Gasteiger partial charge in [0, 0.05) is 13.1 Å². The summed E-state index contributed by atoms with van der Waals surface area (Å²) < 4.78 is 10.4. The van der Waals surface area contributed by atoms with E-state index >= 15 is 0 Å². The molecule has 1 N–H and O–H groups in total. The normalized spacial score (nSPS) is 14.9. The van der Waals surface area contributed by atoms with Crippen molar-refractivity contribution in [3.8, 4) is 5.75 Å². The lowest BCUT2D eigenvalue weighted by Gasteiger charge is -2.28. The summed E-state index contributed by atoms with van der Waals surface area (Å²) in [6.07, 6.45) is 0. The maximum absolute atomic E-state index is 12.1. The summed E-state index contributed by atoms with van der Waals surface area (Å²) >= 11 is 5.19. The van der Waals surface area contributed by atoms with Crippen molar-refractivity contribution in [2.45, 2.75) is 0 Å².